The summed E-state index contributed by atoms with van der Waals surface area (Å²) in [6.45, 7) is 0. The average molecular weight is 240 g/mol. The molecule has 0 nitrogen and oxygen atoms in total. The van der Waals surface area contributed by atoms with Crippen molar-refractivity contribution in [1.29, 1.82) is 0 Å². The molecule has 1 unspecified atom stereocenters. The van der Waals surface area contributed by atoms with E-state index in [0.717, 1.165) is 11.3 Å². The lowest BCUT2D eigenvalue weighted by atomic mass is 10.0. The van der Waals surface area contributed by atoms with Gasteiger partial charge in [-0.3, -0.25) is 0 Å². The Morgan fingerprint density at radius 3 is 1.19 bits per heavy atom. The third-order valence-electron chi connectivity index (χ3n) is 4.43. The monoisotopic (exact) mass is 240 g/mol. The van der Waals surface area contributed by atoms with Crippen molar-refractivity contribution in [1.82, 2.24) is 0 Å². The van der Waals surface area contributed by atoms with E-state index in [1.807, 2.05) is 0 Å². The van der Waals surface area contributed by atoms with E-state index in [1.54, 1.807) is 25.7 Å². The molecule has 0 bridgehead atoms. The molecule has 2 rings (SSSR count). The van der Waals surface area contributed by atoms with Crippen molar-refractivity contribution >= 4 is 8.58 Å². The molecule has 1 atom stereocenters. The van der Waals surface area contributed by atoms with Crippen molar-refractivity contribution in [2.45, 2.75) is 94.8 Å². The third-order valence-corrected chi connectivity index (χ3v) is 6.53. The fraction of sp³-hybridized carbons (Fsp3) is 1.00. The molecule has 0 amide bonds. The summed E-state index contributed by atoms with van der Waals surface area (Å²) >= 11 is 0. The van der Waals surface area contributed by atoms with Gasteiger partial charge in [0.25, 0.3) is 0 Å². The Labute approximate surface area is 104 Å². The van der Waals surface area contributed by atoms with Gasteiger partial charge in [0, 0.05) is 0 Å². The predicted octanol–water partition coefficient (Wildman–Crippen LogP) is 5.50. The van der Waals surface area contributed by atoms with E-state index in [0.29, 0.717) is 0 Å². The van der Waals surface area contributed by atoms with Crippen LogP contribution in [0.1, 0.15) is 83.5 Å². The van der Waals surface area contributed by atoms with E-state index < -0.39 is 0 Å². The van der Waals surface area contributed by atoms with E-state index in [-0.39, 0.29) is 0 Å². The van der Waals surface area contributed by atoms with Crippen molar-refractivity contribution in [3.05, 3.63) is 0 Å². The van der Waals surface area contributed by atoms with Crippen molar-refractivity contribution in [2.75, 3.05) is 0 Å². The topological polar surface area (TPSA) is 0 Å². The van der Waals surface area contributed by atoms with Gasteiger partial charge in [0.15, 0.2) is 0 Å². The molecule has 0 aromatic carbocycles. The maximum absolute atomic E-state index is 1.56. The van der Waals surface area contributed by atoms with Crippen LogP contribution < -0.4 is 0 Å². The second kappa shape index (κ2) is 7.70. The van der Waals surface area contributed by atoms with Crippen LogP contribution in [0.2, 0.25) is 0 Å². The second-order valence-corrected chi connectivity index (χ2v) is 7.86. The molecule has 0 heterocycles. The maximum atomic E-state index is 1.56. The van der Waals surface area contributed by atoms with E-state index >= 15 is 0 Å². The molecular weight excluding hydrogens is 211 g/mol. The standard InChI is InChI=1S/C15H29P/c1-2-4-6-10-14(11-7-5-3-1)16-15-12-8-9-13-15/h14-16H,1-13H2. The molecule has 0 spiro atoms. The first kappa shape index (κ1) is 12.9. The Kier molecular flexibility index (Phi) is 6.19. The lowest BCUT2D eigenvalue weighted by molar-refractivity contribution is 0.508. The van der Waals surface area contributed by atoms with Gasteiger partial charge < -0.3 is 0 Å². The molecular formula is C15H29P. The van der Waals surface area contributed by atoms with Gasteiger partial charge in [-0.15, -0.1) is 8.58 Å². The summed E-state index contributed by atoms with van der Waals surface area (Å²) in [5, 5.41) is 0. The molecule has 2 aliphatic carbocycles. The van der Waals surface area contributed by atoms with Gasteiger partial charge in [-0.2, -0.15) is 0 Å². The van der Waals surface area contributed by atoms with Crippen molar-refractivity contribution in [2.24, 2.45) is 0 Å². The van der Waals surface area contributed by atoms with Gasteiger partial charge >= 0.3 is 0 Å². The largest absolute Gasteiger partial charge is 0.116 e. The average Bonchev–Trinajstić information content (AvgIpc) is 2.80. The minimum atomic E-state index is 1.13. The lowest BCUT2D eigenvalue weighted by Crippen LogP contribution is -2.07. The predicted molar refractivity (Wildman–Crippen MR) is 75.9 cm³/mol. The Balaban J connectivity index is 1.70. The van der Waals surface area contributed by atoms with Crippen LogP contribution in [-0.4, -0.2) is 11.3 Å². The van der Waals surface area contributed by atoms with E-state index in [4.69, 9.17) is 0 Å². The van der Waals surface area contributed by atoms with Crippen LogP contribution in [0.25, 0.3) is 0 Å². The fourth-order valence-corrected chi connectivity index (χ4v) is 5.55. The summed E-state index contributed by atoms with van der Waals surface area (Å²) in [6.07, 6.45) is 20.0. The molecule has 0 aromatic rings. The highest BCUT2D eigenvalue weighted by molar-refractivity contribution is 7.39. The van der Waals surface area contributed by atoms with Crippen LogP contribution >= 0.6 is 8.58 Å². The molecule has 0 aliphatic heterocycles. The van der Waals surface area contributed by atoms with Gasteiger partial charge in [-0.1, -0.05) is 57.8 Å². The Bertz CT molecular complexity index is 162. The van der Waals surface area contributed by atoms with Crippen molar-refractivity contribution in [3.8, 4) is 0 Å². The molecule has 94 valence electrons. The molecule has 2 fully saturated rings. The summed E-state index contributed by atoms with van der Waals surface area (Å²) in [6, 6.07) is 0. The van der Waals surface area contributed by atoms with Crippen LogP contribution in [-0.2, 0) is 0 Å². The highest BCUT2D eigenvalue weighted by atomic mass is 31.1. The highest BCUT2D eigenvalue weighted by Gasteiger charge is 2.19. The van der Waals surface area contributed by atoms with E-state index in [2.05, 4.69) is 0 Å². The van der Waals surface area contributed by atoms with Crippen molar-refractivity contribution < 1.29 is 0 Å². The van der Waals surface area contributed by atoms with Gasteiger partial charge in [0.05, 0.1) is 0 Å². The van der Waals surface area contributed by atoms with E-state index in [9.17, 15) is 0 Å². The van der Waals surface area contributed by atoms with Crippen LogP contribution in [0.15, 0.2) is 0 Å². The first-order valence-corrected chi connectivity index (χ1v) is 8.87. The summed E-state index contributed by atoms with van der Waals surface area (Å²) in [5.41, 5.74) is 2.27. The summed E-state index contributed by atoms with van der Waals surface area (Å²) in [4.78, 5) is 0. The molecule has 2 saturated carbocycles. The molecule has 2 aliphatic rings. The summed E-state index contributed by atoms with van der Waals surface area (Å²) in [7, 11) is 1.32. The SMILES string of the molecule is C1CCCCC(PC2CCCC2)CCCC1. The molecule has 1 heteroatoms. The molecule has 0 aromatic heterocycles. The Morgan fingerprint density at radius 1 is 0.438 bits per heavy atom. The zero-order valence-corrected chi connectivity index (χ0v) is 11.8. The molecule has 0 radical (unpaired) electrons. The summed E-state index contributed by atoms with van der Waals surface area (Å²) < 4.78 is 0. The highest BCUT2D eigenvalue weighted by Crippen LogP contribution is 2.41. The first-order chi connectivity index (χ1) is 7.95. The number of rotatable bonds is 2. The zero-order chi connectivity index (χ0) is 11.1. The number of hydrogen-bond donors (Lipinski definition) is 0. The summed E-state index contributed by atoms with van der Waals surface area (Å²) in [5.74, 6) is 0. The van der Waals surface area contributed by atoms with Gasteiger partial charge in [-0.05, 0) is 37.0 Å². The smallest absolute Gasteiger partial charge is 0.0234 e. The number of hydrogen-bond acceptors (Lipinski definition) is 0. The quantitative estimate of drug-likeness (QED) is 0.559. The molecule has 0 N–H and O–H groups in total. The molecule has 0 saturated heterocycles. The van der Waals surface area contributed by atoms with Crippen LogP contribution in [0.4, 0.5) is 0 Å². The normalized spacial score (nSPS) is 27.8. The van der Waals surface area contributed by atoms with Gasteiger partial charge in [0.2, 0.25) is 0 Å². The molecule has 16 heavy (non-hydrogen) atoms. The second-order valence-electron chi connectivity index (χ2n) is 5.90. The zero-order valence-electron chi connectivity index (χ0n) is 10.8. The minimum Gasteiger partial charge on any atom is -0.116 e. The van der Waals surface area contributed by atoms with Crippen molar-refractivity contribution in [3.63, 3.8) is 0 Å². The van der Waals surface area contributed by atoms with Crippen LogP contribution in [0.5, 0.6) is 0 Å². The Morgan fingerprint density at radius 2 is 0.750 bits per heavy atom. The fourth-order valence-electron chi connectivity index (χ4n) is 3.40. The maximum Gasteiger partial charge on any atom is -0.0234 e. The Hall–Kier alpha value is 0.430. The van der Waals surface area contributed by atoms with E-state index in [1.165, 1.54) is 66.4 Å². The van der Waals surface area contributed by atoms with Crippen LogP contribution in [0, 0.1) is 0 Å². The lowest BCUT2D eigenvalue weighted by Gasteiger charge is -2.22. The van der Waals surface area contributed by atoms with Gasteiger partial charge in [0.1, 0.15) is 0 Å². The van der Waals surface area contributed by atoms with Crippen LogP contribution in [0.3, 0.4) is 0 Å². The first-order valence-electron chi connectivity index (χ1n) is 7.71. The van der Waals surface area contributed by atoms with Gasteiger partial charge in [-0.25, -0.2) is 0 Å². The third kappa shape index (κ3) is 4.74. The minimum absolute atomic E-state index is 1.13.